The molecule has 23 heavy (non-hydrogen) atoms. The topological polar surface area (TPSA) is 46.1 Å². The molecule has 0 bridgehead atoms. The molecule has 122 valence electrons. The number of thiazole rings is 1. The van der Waals surface area contributed by atoms with Gasteiger partial charge in [-0.25, -0.2) is 4.98 Å². The average molecular weight is 329 g/mol. The summed E-state index contributed by atoms with van der Waals surface area (Å²) in [4.78, 5) is 23.3. The maximum Gasteiger partial charge on any atom is 0.227 e. The largest absolute Gasteiger partial charge is 0.342 e. The van der Waals surface area contributed by atoms with Gasteiger partial charge in [0.2, 0.25) is 5.91 Å². The molecule has 1 saturated heterocycles. The van der Waals surface area contributed by atoms with Crippen molar-refractivity contribution < 1.29 is 4.79 Å². The maximum absolute atomic E-state index is 12.4. The lowest BCUT2D eigenvalue weighted by Crippen LogP contribution is -2.43. The van der Waals surface area contributed by atoms with Gasteiger partial charge < -0.3 is 4.90 Å². The smallest absolute Gasteiger partial charge is 0.227 e. The minimum absolute atomic E-state index is 0.256. The number of nitrogens with zero attached hydrogens (tertiary/aromatic N) is 3. The Balaban J connectivity index is 1.65. The van der Waals surface area contributed by atoms with Gasteiger partial charge in [0.1, 0.15) is 0 Å². The van der Waals surface area contributed by atoms with Crippen LogP contribution in [0.15, 0.2) is 29.9 Å². The zero-order valence-electron chi connectivity index (χ0n) is 14.0. The first-order valence-corrected chi connectivity index (χ1v) is 8.98. The maximum atomic E-state index is 12.4. The summed E-state index contributed by atoms with van der Waals surface area (Å²) in [6, 6.07) is 3.97. The highest BCUT2D eigenvalue weighted by molar-refractivity contribution is 7.10. The summed E-state index contributed by atoms with van der Waals surface area (Å²) < 4.78 is 0. The summed E-state index contributed by atoms with van der Waals surface area (Å²) >= 11 is 1.72. The third kappa shape index (κ3) is 3.61. The van der Waals surface area contributed by atoms with Crippen LogP contribution in [0.4, 0.5) is 0 Å². The monoisotopic (exact) mass is 329 g/mol. The van der Waals surface area contributed by atoms with Crippen molar-refractivity contribution in [3.63, 3.8) is 0 Å². The molecule has 4 nitrogen and oxygen atoms in total. The molecule has 1 aliphatic rings. The Bertz CT molecular complexity index is 667. The van der Waals surface area contributed by atoms with Crippen LogP contribution in [0.3, 0.4) is 0 Å². The van der Waals surface area contributed by atoms with E-state index >= 15 is 0 Å². The Kier molecular flexibility index (Phi) is 4.48. The fourth-order valence-electron chi connectivity index (χ4n) is 2.93. The van der Waals surface area contributed by atoms with Gasteiger partial charge in [0.15, 0.2) is 0 Å². The third-order valence-corrected chi connectivity index (χ3v) is 5.26. The molecule has 0 aromatic carbocycles. The molecule has 0 radical (unpaired) electrons. The molecule has 2 aromatic rings. The molecule has 2 aromatic heterocycles. The van der Waals surface area contributed by atoms with Crippen LogP contribution in [0.5, 0.6) is 0 Å². The summed E-state index contributed by atoms with van der Waals surface area (Å²) in [5.74, 6) is 0.723. The van der Waals surface area contributed by atoms with Crippen molar-refractivity contribution in [2.75, 3.05) is 13.1 Å². The molecule has 1 fully saturated rings. The number of piperidine rings is 1. The van der Waals surface area contributed by atoms with E-state index in [-0.39, 0.29) is 11.3 Å². The van der Waals surface area contributed by atoms with Crippen molar-refractivity contribution >= 4 is 17.2 Å². The Morgan fingerprint density at radius 1 is 1.30 bits per heavy atom. The van der Waals surface area contributed by atoms with E-state index in [0.717, 1.165) is 37.2 Å². The lowest BCUT2D eigenvalue weighted by Gasteiger charge is -2.35. The van der Waals surface area contributed by atoms with Crippen molar-refractivity contribution in [1.82, 2.24) is 14.9 Å². The van der Waals surface area contributed by atoms with Gasteiger partial charge in [0.05, 0.1) is 10.7 Å². The molecule has 0 atom stereocenters. The van der Waals surface area contributed by atoms with Gasteiger partial charge in [-0.1, -0.05) is 20.8 Å². The van der Waals surface area contributed by atoms with E-state index in [0.29, 0.717) is 5.92 Å². The van der Waals surface area contributed by atoms with E-state index in [2.05, 4.69) is 10.4 Å². The molecule has 3 heterocycles. The van der Waals surface area contributed by atoms with E-state index in [9.17, 15) is 4.79 Å². The van der Waals surface area contributed by atoms with Gasteiger partial charge in [0, 0.05) is 47.8 Å². The summed E-state index contributed by atoms with van der Waals surface area (Å²) in [5.41, 5.74) is 1.78. The zero-order valence-corrected chi connectivity index (χ0v) is 14.8. The lowest BCUT2D eigenvalue weighted by atomic mass is 9.91. The average Bonchev–Trinajstić information content (AvgIpc) is 3.04. The SMILES string of the molecule is CC(C)(C)C(=O)N1CCC(c2nc(-c3cccnc3)cs2)CC1. The fraction of sp³-hybridized carbons (Fsp3) is 0.500. The quantitative estimate of drug-likeness (QED) is 0.838. The van der Waals surface area contributed by atoms with Gasteiger partial charge in [-0.05, 0) is 25.0 Å². The number of rotatable bonds is 2. The van der Waals surface area contributed by atoms with Crippen LogP contribution in [0.2, 0.25) is 0 Å². The second kappa shape index (κ2) is 6.40. The molecule has 0 saturated carbocycles. The summed E-state index contributed by atoms with van der Waals surface area (Å²) in [5, 5.41) is 3.30. The lowest BCUT2D eigenvalue weighted by molar-refractivity contribution is -0.140. The van der Waals surface area contributed by atoms with E-state index < -0.39 is 0 Å². The molecule has 0 unspecified atom stereocenters. The summed E-state index contributed by atoms with van der Waals surface area (Å²) in [6.45, 7) is 7.64. The van der Waals surface area contributed by atoms with Crippen molar-refractivity contribution in [2.45, 2.75) is 39.5 Å². The first-order valence-electron chi connectivity index (χ1n) is 8.10. The predicted octanol–water partition coefficient (Wildman–Crippen LogP) is 3.96. The van der Waals surface area contributed by atoms with Crippen molar-refractivity contribution in [1.29, 1.82) is 0 Å². The minimum atomic E-state index is -0.290. The molecule has 1 aliphatic heterocycles. The standard InChI is InChI=1S/C18H23N3OS/c1-18(2,3)17(22)21-9-6-13(7-10-21)16-20-15(12-23-16)14-5-4-8-19-11-14/h4-5,8,11-13H,6-7,9-10H2,1-3H3. The third-order valence-electron chi connectivity index (χ3n) is 4.25. The van der Waals surface area contributed by atoms with Gasteiger partial charge in [-0.3, -0.25) is 9.78 Å². The number of pyridine rings is 1. The van der Waals surface area contributed by atoms with Gasteiger partial charge in [0.25, 0.3) is 0 Å². The number of carbonyl (C=O) groups excluding carboxylic acids is 1. The second-order valence-electron chi connectivity index (χ2n) is 7.13. The number of carbonyl (C=O) groups is 1. The highest BCUT2D eigenvalue weighted by atomic mass is 32.1. The number of likely N-dealkylation sites (tertiary alicyclic amines) is 1. The number of amides is 1. The fourth-order valence-corrected chi connectivity index (χ4v) is 3.93. The number of aromatic nitrogens is 2. The van der Waals surface area contributed by atoms with Crippen LogP contribution < -0.4 is 0 Å². The van der Waals surface area contributed by atoms with Gasteiger partial charge in [-0.15, -0.1) is 11.3 Å². The highest BCUT2D eigenvalue weighted by Gasteiger charge is 2.31. The van der Waals surface area contributed by atoms with Crippen molar-refractivity contribution in [3.8, 4) is 11.3 Å². The molecule has 0 aliphatic carbocycles. The van der Waals surface area contributed by atoms with Crippen molar-refractivity contribution in [2.24, 2.45) is 5.41 Å². The molecular weight excluding hydrogens is 306 g/mol. The molecule has 0 spiro atoms. The van der Waals surface area contributed by atoms with Crippen LogP contribution in [0, 0.1) is 5.41 Å². The highest BCUT2D eigenvalue weighted by Crippen LogP contribution is 2.33. The van der Waals surface area contributed by atoms with Crippen molar-refractivity contribution in [3.05, 3.63) is 34.9 Å². The summed E-state index contributed by atoms with van der Waals surface area (Å²) in [6.07, 6.45) is 5.63. The first-order chi connectivity index (χ1) is 10.9. The van der Waals surface area contributed by atoms with E-state index in [1.54, 1.807) is 17.5 Å². The van der Waals surface area contributed by atoms with Crippen LogP contribution in [-0.2, 0) is 4.79 Å². The van der Waals surface area contributed by atoms with Crippen LogP contribution >= 0.6 is 11.3 Å². The van der Waals surface area contributed by atoms with Gasteiger partial charge in [-0.2, -0.15) is 0 Å². The van der Waals surface area contributed by atoms with E-state index in [4.69, 9.17) is 4.98 Å². The molecule has 3 rings (SSSR count). The van der Waals surface area contributed by atoms with Crippen LogP contribution in [0.25, 0.3) is 11.3 Å². The molecule has 1 amide bonds. The molecular formula is C18H23N3OS. The Labute approximate surface area is 141 Å². The zero-order chi connectivity index (χ0) is 16.4. The van der Waals surface area contributed by atoms with Crippen LogP contribution in [-0.4, -0.2) is 33.9 Å². The number of hydrogen-bond acceptors (Lipinski definition) is 4. The Morgan fingerprint density at radius 3 is 2.65 bits per heavy atom. The first kappa shape index (κ1) is 16.1. The number of hydrogen-bond donors (Lipinski definition) is 0. The van der Waals surface area contributed by atoms with Crippen LogP contribution in [0.1, 0.15) is 44.5 Å². The predicted molar refractivity (Wildman–Crippen MR) is 93.4 cm³/mol. The van der Waals surface area contributed by atoms with Gasteiger partial charge >= 0.3 is 0 Å². The normalized spacial score (nSPS) is 16.6. The summed E-state index contributed by atoms with van der Waals surface area (Å²) in [7, 11) is 0. The second-order valence-corrected chi connectivity index (χ2v) is 8.02. The Hall–Kier alpha value is -1.75. The van der Waals surface area contributed by atoms with E-state index in [1.807, 2.05) is 44.0 Å². The Morgan fingerprint density at radius 2 is 2.04 bits per heavy atom. The van der Waals surface area contributed by atoms with E-state index in [1.165, 1.54) is 5.01 Å². The molecule has 5 heteroatoms. The minimum Gasteiger partial charge on any atom is -0.342 e. The molecule has 0 N–H and O–H groups in total.